The van der Waals surface area contributed by atoms with Gasteiger partial charge in [-0.05, 0) is 37.0 Å². The van der Waals surface area contributed by atoms with Crippen molar-refractivity contribution in [3.63, 3.8) is 0 Å². The maximum atomic E-state index is 12.0. The monoisotopic (exact) mass is 322 g/mol. The van der Waals surface area contributed by atoms with Gasteiger partial charge in [-0.1, -0.05) is 29.3 Å². The van der Waals surface area contributed by atoms with Crippen molar-refractivity contribution in [2.75, 3.05) is 0 Å². The Bertz CT molecular complexity index is 724. The topological polar surface area (TPSA) is 70.1 Å². The van der Waals surface area contributed by atoms with Crippen LogP contribution in [0.25, 0.3) is 0 Å². The number of benzene rings is 1. The molecule has 0 radical (unpaired) electrons. The highest BCUT2D eigenvalue weighted by atomic mass is 35.5. The summed E-state index contributed by atoms with van der Waals surface area (Å²) in [5.74, 6) is -0.314. The number of carbonyl (C=O) groups is 1. The lowest BCUT2D eigenvalue weighted by molar-refractivity contribution is 0.0949. The number of nitrogens with one attached hydrogen (secondary N) is 2. The molecule has 1 aromatic carbocycles. The van der Waals surface area contributed by atoms with Crippen LogP contribution in [0.4, 0.5) is 0 Å². The number of carbonyl (C=O) groups excluding carboxylic acids is 1. The fourth-order valence-electron chi connectivity index (χ4n) is 2.32. The average molecular weight is 323 g/mol. The molecule has 0 bridgehead atoms. The number of hydrogen-bond acceptors (Lipinski definition) is 3. The smallest absolute Gasteiger partial charge is 0.281 e. The van der Waals surface area contributed by atoms with Gasteiger partial charge in [0, 0.05) is 11.3 Å². The minimum atomic E-state index is -0.314. The van der Waals surface area contributed by atoms with Crippen LogP contribution in [0.2, 0.25) is 10.0 Å². The van der Waals surface area contributed by atoms with E-state index < -0.39 is 0 Å². The zero-order valence-corrected chi connectivity index (χ0v) is 12.5. The number of fused-ring (bicyclic) bond motifs is 1. The van der Waals surface area contributed by atoms with Crippen LogP contribution in [-0.2, 0) is 12.8 Å². The number of aromatic amines is 1. The molecular weight excluding hydrogens is 311 g/mol. The van der Waals surface area contributed by atoms with Gasteiger partial charge in [0.1, 0.15) is 0 Å². The third-order valence-electron chi connectivity index (χ3n) is 3.34. The van der Waals surface area contributed by atoms with Crippen LogP contribution in [0.5, 0.6) is 0 Å². The molecule has 0 fully saturated rings. The average Bonchev–Trinajstić information content (AvgIpc) is 3.05. The van der Waals surface area contributed by atoms with Crippen LogP contribution in [-0.4, -0.2) is 22.3 Å². The number of aryl methyl sites for hydroxylation is 1. The van der Waals surface area contributed by atoms with Crippen molar-refractivity contribution in [3.8, 4) is 0 Å². The van der Waals surface area contributed by atoms with Gasteiger partial charge in [-0.2, -0.15) is 10.2 Å². The van der Waals surface area contributed by atoms with Crippen molar-refractivity contribution in [2.24, 2.45) is 5.10 Å². The van der Waals surface area contributed by atoms with Crippen LogP contribution in [0, 0.1) is 0 Å². The molecule has 7 heteroatoms. The number of nitrogens with zero attached hydrogens (tertiary/aromatic N) is 2. The molecule has 0 saturated heterocycles. The van der Waals surface area contributed by atoms with E-state index in [0.29, 0.717) is 15.7 Å². The van der Waals surface area contributed by atoms with Crippen LogP contribution in [0.3, 0.4) is 0 Å². The summed E-state index contributed by atoms with van der Waals surface area (Å²) in [6, 6.07) is 5.11. The molecule has 2 aromatic rings. The molecule has 0 saturated carbocycles. The number of hydrogen-bond donors (Lipinski definition) is 2. The molecule has 5 nitrogen and oxygen atoms in total. The van der Waals surface area contributed by atoms with E-state index in [0.717, 1.165) is 36.1 Å². The maximum absolute atomic E-state index is 12.0. The van der Waals surface area contributed by atoms with E-state index in [9.17, 15) is 4.79 Å². The molecule has 1 aromatic heterocycles. The Morgan fingerprint density at radius 1 is 1.33 bits per heavy atom. The number of hydrazone groups is 1. The number of amides is 1. The van der Waals surface area contributed by atoms with Gasteiger partial charge >= 0.3 is 0 Å². The molecule has 0 unspecified atom stereocenters. The molecule has 108 valence electrons. The van der Waals surface area contributed by atoms with E-state index >= 15 is 0 Å². The van der Waals surface area contributed by atoms with Crippen molar-refractivity contribution in [1.29, 1.82) is 0 Å². The summed E-state index contributed by atoms with van der Waals surface area (Å²) in [5, 5.41) is 11.8. The number of halogens is 2. The second kappa shape index (κ2) is 5.87. The van der Waals surface area contributed by atoms with E-state index in [-0.39, 0.29) is 5.91 Å². The molecule has 0 aliphatic heterocycles. The first-order valence-electron chi connectivity index (χ1n) is 6.49. The first kappa shape index (κ1) is 14.1. The molecule has 0 spiro atoms. The van der Waals surface area contributed by atoms with Crippen LogP contribution < -0.4 is 5.43 Å². The first-order valence-corrected chi connectivity index (χ1v) is 7.25. The summed E-state index contributed by atoms with van der Waals surface area (Å²) in [6.45, 7) is 0. The van der Waals surface area contributed by atoms with Gasteiger partial charge in [0.25, 0.3) is 5.91 Å². The lowest BCUT2D eigenvalue weighted by Gasteiger charge is -1.99. The quantitative estimate of drug-likeness (QED) is 0.673. The molecule has 1 aliphatic carbocycles. The molecule has 2 N–H and O–H groups in total. The zero-order chi connectivity index (χ0) is 14.8. The van der Waals surface area contributed by atoms with Gasteiger partial charge < -0.3 is 0 Å². The summed E-state index contributed by atoms with van der Waals surface area (Å²) in [7, 11) is 0. The Labute approximate surface area is 131 Å². The third-order valence-corrected chi connectivity index (χ3v) is 4.08. The van der Waals surface area contributed by atoms with E-state index in [1.54, 1.807) is 18.2 Å². The number of H-pyrrole nitrogens is 1. The second-order valence-electron chi connectivity index (χ2n) is 4.76. The van der Waals surface area contributed by atoms with Crippen molar-refractivity contribution in [1.82, 2.24) is 15.6 Å². The fraction of sp³-hybridized carbons (Fsp3) is 0.214. The molecule has 1 heterocycles. The second-order valence-corrected chi connectivity index (χ2v) is 5.57. The summed E-state index contributed by atoms with van der Waals surface area (Å²) in [4.78, 5) is 12.0. The van der Waals surface area contributed by atoms with Crippen LogP contribution in [0.1, 0.15) is 33.7 Å². The number of aromatic nitrogens is 2. The van der Waals surface area contributed by atoms with Gasteiger partial charge in [-0.25, -0.2) is 5.43 Å². The molecular formula is C14H12Cl2N4O. The van der Waals surface area contributed by atoms with Crippen molar-refractivity contribution < 1.29 is 4.79 Å². The van der Waals surface area contributed by atoms with E-state index in [1.165, 1.54) is 6.21 Å². The summed E-state index contributed by atoms with van der Waals surface area (Å²) >= 11 is 11.7. The van der Waals surface area contributed by atoms with Crippen molar-refractivity contribution in [3.05, 3.63) is 50.8 Å². The SMILES string of the molecule is O=C(N/N=C\c1ccc(Cl)c(Cl)c1)c1n[nH]c2c1CCC2. The minimum Gasteiger partial charge on any atom is -0.281 e. The fourth-order valence-corrected chi connectivity index (χ4v) is 2.62. The van der Waals surface area contributed by atoms with Crippen molar-refractivity contribution in [2.45, 2.75) is 19.3 Å². The van der Waals surface area contributed by atoms with Gasteiger partial charge in [-0.15, -0.1) is 0 Å². The predicted octanol–water partition coefficient (Wildman–Crippen LogP) is 2.97. The van der Waals surface area contributed by atoms with Crippen molar-refractivity contribution >= 4 is 35.3 Å². The minimum absolute atomic E-state index is 0.314. The highest BCUT2D eigenvalue weighted by Gasteiger charge is 2.22. The highest BCUT2D eigenvalue weighted by molar-refractivity contribution is 6.42. The molecule has 1 amide bonds. The van der Waals surface area contributed by atoms with E-state index in [1.807, 2.05) is 0 Å². The summed E-state index contributed by atoms with van der Waals surface area (Å²) < 4.78 is 0. The third kappa shape index (κ3) is 2.94. The summed E-state index contributed by atoms with van der Waals surface area (Å²) in [5.41, 5.74) is 5.69. The summed E-state index contributed by atoms with van der Waals surface area (Å²) in [6.07, 6.45) is 4.39. The Hall–Kier alpha value is -1.85. The predicted molar refractivity (Wildman–Crippen MR) is 82.1 cm³/mol. The normalized spacial score (nSPS) is 13.6. The van der Waals surface area contributed by atoms with Gasteiger partial charge in [-0.3, -0.25) is 9.89 Å². The maximum Gasteiger partial charge on any atom is 0.292 e. The Morgan fingerprint density at radius 2 is 2.19 bits per heavy atom. The number of rotatable bonds is 3. The Kier molecular flexibility index (Phi) is 3.94. The lowest BCUT2D eigenvalue weighted by atomic mass is 10.2. The largest absolute Gasteiger partial charge is 0.292 e. The standard InChI is InChI=1S/C14H12Cl2N4O/c15-10-5-4-8(6-11(10)16)7-17-20-14(21)13-9-2-1-3-12(9)18-19-13/h4-7H,1-3H2,(H,18,19)(H,20,21)/b17-7-. The van der Waals surface area contributed by atoms with E-state index in [4.69, 9.17) is 23.2 Å². The molecule has 3 rings (SSSR count). The highest BCUT2D eigenvalue weighted by Crippen LogP contribution is 2.23. The Balaban J connectivity index is 1.68. The van der Waals surface area contributed by atoms with Gasteiger partial charge in [0.15, 0.2) is 5.69 Å². The lowest BCUT2D eigenvalue weighted by Crippen LogP contribution is -2.19. The van der Waals surface area contributed by atoms with Crippen LogP contribution in [0.15, 0.2) is 23.3 Å². The van der Waals surface area contributed by atoms with E-state index in [2.05, 4.69) is 20.7 Å². The van der Waals surface area contributed by atoms with Gasteiger partial charge in [0.2, 0.25) is 0 Å². The molecule has 21 heavy (non-hydrogen) atoms. The first-order chi connectivity index (χ1) is 10.1. The van der Waals surface area contributed by atoms with Crippen LogP contribution >= 0.6 is 23.2 Å². The molecule has 0 atom stereocenters. The zero-order valence-electron chi connectivity index (χ0n) is 11.0. The Morgan fingerprint density at radius 3 is 3.00 bits per heavy atom. The molecule has 1 aliphatic rings. The van der Waals surface area contributed by atoms with Gasteiger partial charge in [0.05, 0.1) is 16.3 Å².